The van der Waals surface area contributed by atoms with E-state index < -0.39 is 17.7 Å². The predicted molar refractivity (Wildman–Crippen MR) is 113 cm³/mol. The second-order valence-corrected chi connectivity index (χ2v) is 6.93. The fourth-order valence-corrected chi connectivity index (χ4v) is 3.77. The molecule has 3 aromatic rings. The van der Waals surface area contributed by atoms with Gasteiger partial charge in [0, 0.05) is 29.2 Å². The van der Waals surface area contributed by atoms with Crippen LogP contribution in [0.4, 0.5) is 5.69 Å². The summed E-state index contributed by atoms with van der Waals surface area (Å²) in [7, 11) is 1.53. The van der Waals surface area contributed by atoms with Crippen LogP contribution in [-0.4, -0.2) is 28.9 Å². The van der Waals surface area contributed by atoms with Crippen LogP contribution in [0.1, 0.15) is 22.7 Å². The molecule has 2 heterocycles. The van der Waals surface area contributed by atoms with Crippen molar-refractivity contribution in [3.05, 3.63) is 95.3 Å². The molecular formula is C24H20N2O4. The Bertz CT molecular complexity index is 1150. The third-order valence-corrected chi connectivity index (χ3v) is 5.21. The maximum Gasteiger partial charge on any atom is 0.300 e. The highest BCUT2D eigenvalue weighted by Gasteiger charge is 2.48. The number of para-hydroxylation sites is 2. The minimum absolute atomic E-state index is 0.0129. The molecule has 1 unspecified atom stereocenters. The second-order valence-electron chi connectivity index (χ2n) is 6.93. The molecule has 1 N–H and O–H groups in total. The van der Waals surface area contributed by atoms with Gasteiger partial charge in [-0.05, 0) is 36.8 Å². The number of aliphatic hydroxyl groups excluding tert-OH is 1. The molecule has 0 aliphatic carbocycles. The number of nitrogens with zero attached hydrogens (tertiary/aromatic N) is 2. The van der Waals surface area contributed by atoms with Crippen LogP contribution in [0.15, 0.2) is 78.6 Å². The second kappa shape index (κ2) is 7.83. The van der Waals surface area contributed by atoms with Crippen LogP contribution >= 0.6 is 0 Å². The summed E-state index contributed by atoms with van der Waals surface area (Å²) in [5.74, 6) is -1.18. The lowest BCUT2D eigenvalue weighted by atomic mass is 9.94. The highest BCUT2D eigenvalue weighted by Crippen LogP contribution is 2.45. The lowest BCUT2D eigenvalue weighted by Crippen LogP contribution is -2.30. The van der Waals surface area contributed by atoms with E-state index in [1.807, 2.05) is 37.3 Å². The van der Waals surface area contributed by atoms with Crippen LogP contribution in [0.2, 0.25) is 0 Å². The highest BCUT2D eigenvalue weighted by atomic mass is 16.5. The summed E-state index contributed by atoms with van der Waals surface area (Å²) in [6, 6.07) is 16.9. The number of amides is 1. The van der Waals surface area contributed by atoms with Crippen molar-refractivity contribution < 1.29 is 19.4 Å². The largest absolute Gasteiger partial charge is 0.507 e. The van der Waals surface area contributed by atoms with Crippen molar-refractivity contribution in [3.8, 4) is 5.75 Å². The van der Waals surface area contributed by atoms with Gasteiger partial charge in [0.15, 0.2) is 0 Å². The van der Waals surface area contributed by atoms with Crippen molar-refractivity contribution in [3.63, 3.8) is 0 Å². The molecule has 1 amide bonds. The number of benzene rings is 2. The number of anilines is 1. The van der Waals surface area contributed by atoms with Gasteiger partial charge >= 0.3 is 0 Å². The highest BCUT2D eigenvalue weighted by molar-refractivity contribution is 6.51. The van der Waals surface area contributed by atoms with E-state index in [1.165, 1.54) is 24.4 Å². The zero-order valence-electron chi connectivity index (χ0n) is 16.6. The summed E-state index contributed by atoms with van der Waals surface area (Å²) in [4.78, 5) is 31.7. The summed E-state index contributed by atoms with van der Waals surface area (Å²) in [6.07, 6.45) is 3.04. The van der Waals surface area contributed by atoms with E-state index in [-0.39, 0.29) is 11.3 Å². The standard InChI is InChI=1S/C24H20N2O4/c1-15-7-3-5-9-18(15)26-21(17-8-4-6-10-19(17)30-2)20(23(28)24(26)29)22(27)16-11-13-25-14-12-16/h3-14,21,27H,1-2H3/b22-20+. The first-order valence-corrected chi connectivity index (χ1v) is 9.44. The average Bonchev–Trinajstić information content (AvgIpc) is 3.04. The van der Waals surface area contributed by atoms with Crippen LogP contribution < -0.4 is 9.64 Å². The number of aliphatic hydroxyl groups is 1. The van der Waals surface area contributed by atoms with Crippen molar-refractivity contribution in [2.24, 2.45) is 0 Å². The molecule has 0 saturated carbocycles. The zero-order chi connectivity index (χ0) is 21.3. The zero-order valence-corrected chi connectivity index (χ0v) is 16.6. The van der Waals surface area contributed by atoms with Crippen LogP contribution in [-0.2, 0) is 9.59 Å². The Kier molecular flexibility index (Phi) is 5.06. The molecule has 1 saturated heterocycles. The van der Waals surface area contributed by atoms with E-state index in [2.05, 4.69) is 4.98 Å². The molecule has 0 spiro atoms. The summed E-state index contributed by atoms with van der Waals surface area (Å²) < 4.78 is 5.51. The minimum Gasteiger partial charge on any atom is -0.507 e. The van der Waals surface area contributed by atoms with E-state index in [9.17, 15) is 14.7 Å². The van der Waals surface area contributed by atoms with E-state index in [0.29, 0.717) is 22.6 Å². The molecule has 1 fully saturated rings. The van der Waals surface area contributed by atoms with Crippen LogP contribution in [0.3, 0.4) is 0 Å². The number of hydrogen-bond acceptors (Lipinski definition) is 5. The maximum atomic E-state index is 13.2. The normalized spacial score (nSPS) is 17.9. The molecule has 6 heteroatoms. The van der Waals surface area contributed by atoms with Crippen molar-refractivity contribution in [1.82, 2.24) is 4.98 Å². The van der Waals surface area contributed by atoms with Gasteiger partial charge in [-0.25, -0.2) is 0 Å². The average molecular weight is 400 g/mol. The number of rotatable bonds is 4. The van der Waals surface area contributed by atoms with Crippen LogP contribution in [0.25, 0.3) is 5.76 Å². The fourth-order valence-electron chi connectivity index (χ4n) is 3.77. The molecule has 4 rings (SSSR count). The molecule has 30 heavy (non-hydrogen) atoms. The van der Waals surface area contributed by atoms with Gasteiger partial charge in [0.05, 0.1) is 18.7 Å². The Hall–Kier alpha value is -3.93. The van der Waals surface area contributed by atoms with Crippen molar-refractivity contribution in [2.45, 2.75) is 13.0 Å². The Labute approximate surface area is 174 Å². The number of Topliss-reactive ketones (excluding diaryl/α,β-unsaturated/α-hetero) is 1. The number of pyridine rings is 1. The van der Waals surface area contributed by atoms with Crippen LogP contribution in [0, 0.1) is 6.92 Å². The first-order valence-electron chi connectivity index (χ1n) is 9.44. The van der Waals surface area contributed by atoms with E-state index >= 15 is 0 Å². The molecular weight excluding hydrogens is 380 g/mol. The SMILES string of the molecule is COc1ccccc1C1/C(=C(\O)c2ccncc2)C(=O)C(=O)N1c1ccccc1C. The Morgan fingerprint density at radius 2 is 1.67 bits per heavy atom. The third-order valence-electron chi connectivity index (χ3n) is 5.21. The Morgan fingerprint density at radius 1 is 1.00 bits per heavy atom. The van der Waals surface area contributed by atoms with Gasteiger partial charge in [-0.15, -0.1) is 0 Å². The third kappa shape index (κ3) is 3.12. The summed E-state index contributed by atoms with van der Waals surface area (Å²) in [6.45, 7) is 1.87. The quantitative estimate of drug-likeness (QED) is 0.406. The number of methoxy groups -OCH3 is 1. The van der Waals surface area contributed by atoms with E-state index in [1.54, 1.807) is 30.3 Å². The summed E-state index contributed by atoms with van der Waals surface area (Å²) >= 11 is 0. The monoisotopic (exact) mass is 400 g/mol. The molecule has 0 bridgehead atoms. The minimum atomic E-state index is -0.838. The molecule has 1 aliphatic rings. The predicted octanol–water partition coefficient (Wildman–Crippen LogP) is 4.02. The maximum absolute atomic E-state index is 13.2. The topological polar surface area (TPSA) is 79.7 Å². The van der Waals surface area contributed by atoms with E-state index in [4.69, 9.17) is 4.74 Å². The van der Waals surface area contributed by atoms with Gasteiger partial charge < -0.3 is 9.84 Å². The first-order chi connectivity index (χ1) is 14.5. The van der Waals surface area contributed by atoms with Crippen molar-refractivity contribution in [1.29, 1.82) is 0 Å². The lowest BCUT2D eigenvalue weighted by Gasteiger charge is -2.27. The van der Waals surface area contributed by atoms with Crippen molar-refractivity contribution in [2.75, 3.05) is 12.0 Å². The number of hydrogen-bond donors (Lipinski definition) is 1. The molecule has 1 atom stereocenters. The molecule has 150 valence electrons. The fraction of sp³-hybridized carbons (Fsp3) is 0.125. The first kappa shape index (κ1) is 19.4. The van der Waals surface area contributed by atoms with Gasteiger partial charge in [0.1, 0.15) is 11.5 Å². The van der Waals surface area contributed by atoms with Crippen LogP contribution in [0.5, 0.6) is 5.75 Å². The number of aryl methyl sites for hydroxylation is 1. The molecule has 0 radical (unpaired) electrons. The Morgan fingerprint density at radius 3 is 2.37 bits per heavy atom. The molecule has 1 aliphatic heterocycles. The number of aromatic nitrogens is 1. The van der Waals surface area contributed by atoms with Gasteiger partial charge in [0.25, 0.3) is 11.7 Å². The van der Waals surface area contributed by atoms with Gasteiger partial charge in [-0.2, -0.15) is 0 Å². The number of carbonyl (C=O) groups excluding carboxylic acids is 2. The molecule has 2 aromatic carbocycles. The molecule has 6 nitrogen and oxygen atoms in total. The van der Waals surface area contributed by atoms with E-state index in [0.717, 1.165) is 5.56 Å². The Balaban J connectivity index is 2.01. The molecule has 1 aromatic heterocycles. The van der Waals surface area contributed by atoms with Gasteiger partial charge in [0.2, 0.25) is 0 Å². The van der Waals surface area contributed by atoms with Gasteiger partial charge in [-0.3, -0.25) is 19.5 Å². The van der Waals surface area contributed by atoms with Crippen molar-refractivity contribution >= 4 is 23.1 Å². The smallest absolute Gasteiger partial charge is 0.300 e. The lowest BCUT2D eigenvalue weighted by molar-refractivity contribution is -0.132. The number of ether oxygens (including phenoxy) is 1. The van der Waals surface area contributed by atoms with Gasteiger partial charge in [-0.1, -0.05) is 36.4 Å². The summed E-state index contributed by atoms with van der Waals surface area (Å²) in [5, 5.41) is 11.0. The number of carbonyl (C=O) groups is 2. The number of ketones is 1. The summed E-state index contributed by atoms with van der Waals surface area (Å²) in [5.41, 5.74) is 2.47.